The van der Waals surface area contributed by atoms with Crippen molar-refractivity contribution in [2.24, 2.45) is 5.92 Å². The van der Waals surface area contributed by atoms with E-state index in [0.29, 0.717) is 5.92 Å². The molecule has 0 fully saturated rings. The fourth-order valence-electron chi connectivity index (χ4n) is 2.76. The largest absolute Gasteiger partial charge is 0.391 e. The number of aliphatic hydroxyl groups is 1. The predicted molar refractivity (Wildman–Crippen MR) is 95.3 cm³/mol. The summed E-state index contributed by atoms with van der Waals surface area (Å²) in [6.45, 7) is 9.28. The van der Waals surface area contributed by atoms with E-state index in [1.165, 1.54) is 15.3 Å². The highest BCUT2D eigenvalue weighted by Gasteiger charge is 2.15. The lowest BCUT2D eigenvalue weighted by molar-refractivity contribution is 0.102. The Kier molecular flexibility index (Phi) is 6.62. The summed E-state index contributed by atoms with van der Waals surface area (Å²) in [5, 5.41) is 10.4. The molecule has 120 valence electrons. The van der Waals surface area contributed by atoms with E-state index in [4.69, 9.17) is 0 Å². The van der Waals surface area contributed by atoms with Gasteiger partial charge in [-0.15, -0.1) is 11.3 Å². The smallest absolute Gasteiger partial charge is 0.0707 e. The third kappa shape index (κ3) is 5.91. The van der Waals surface area contributed by atoms with Crippen molar-refractivity contribution in [3.63, 3.8) is 0 Å². The summed E-state index contributed by atoms with van der Waals surface area (Å²) >= 11 is 1.85. The van der Waals surface area contributed by atoms with Crippen LogP contribution in [0.1, 0.15) is 29.2 Å². The number of thiophene rings is 1. The van der Waals surface area contributed by atoms with E-state index in [0.717, 1.165) is 26.1 Å². The molecular formula is C19H27NOS. The summed E-state index contributed by atoms with van der Waals surface area (Å²) in [5.41, 5.74) is 1.20. The van der Waals surface area contributed by atoms with E-state index in [-0.39, 0.29) is 6.10 Å². The molecule has 0 radical (unpaired) electrons. The molecule has 22 heavy (non-hydrogen) atoms. The first-order chi connectivity index (χ1) is 10.5. The first-order valence-electron chi connectivity index (χ1n) is 8.02. The van der Waals surface area contributed by atoms with Crippen molar-refractivity contribution < 1.29 is 5.11 Å². The second-order valence-electron chi connectivity index (χ2n) is 6.44. The van der Waals surface area contributed by atoms with Crippen LogP contribution in [-0.4, -0.2) is 29.2 Å². The van der Waals surface area contributed by atoms with Gasteiger partial charge in [-0.05, 0) is 37.0 Å². The zero-order valence-corrected chi connectivity index (χ0v) is 14.6. The van der Waals surface area contributed by atoms with Crippen LogP contribution in [-0.2, 0) is 13.0 Å². The maximum absolute atomic E-state index is 10.4. The fraction of sp³-hybridized carbons (Fsp3) is 0.474. The lowest BCUT2D eigenvalue weighted by atomic mass is 10.1. The summed E-state index contributed by atoms with van der Waals surface area (Å²) in [5.74, 6) is 0.602. The first-order valence-corrected chi connectivity index (χ1v) is 8.84. The molecule has 0 saturated carbocycles. The standard InChI is InChI=1S/C19H27NOS/c1-15(2)12-20(14-19-10-9-16(3)22-19)13-18(21)11-17-7-5-4-6-8-17/h4-10,15,18,21H,11-14H2,1-3H3/t18-/m0/s1. The molecule has 1 atom stereocenters. The highest BCUT2D eigenvalue weighted by atomic mass is 32.1. The zero-order chi connectivity index (χ0) is 15.9. The molecule has 0 bridgehead atoms. The van der Waals surface area contributed by atoms with Crippen LogP contribution in [0.5, 0.6) is 0 Å². The van der Waals surface area contributed by atoms with Crippen LogP contribution >= 0.6 is 11.3 Å². The Hall–Kier alpha value is -1.16. The number of hydrogen-bond acceptors (Lipinski definition) is 3. The minimum absolute atomic E-state index is 0.317. The zero-order valence-electron chi connectivity index (χ0n) is 13.8. The molecule has 0 amide bonds. The van der Waals surface area contributed by atoms with Crippen LogP contribution in [0.3, 0.4) is 0 Å². The van der Waals surface area contributed by atoms with Gasteiger partial charge < -0.3 is 5.11 Å². The van der Waals surface area contributed by atoms with Gasteiger partial charge in [-0.25, -0.2) is 0 Å². The van der Waals surface area contributed by atoms with Crippen molar-refractivity contribution in [1.82, 2.24) is 4.90 Å². The molecule has 0 aliphatic rings. The normalized spacial score (nSPS) is 13.0. The van der Waals surface area contributed by atoms with Gasteiger partial charge >= 0.3 is 0 Å². The van der Waals surface area contributed by atoms with E-state index in [1.807, 2.05) is 29.5 Å². The van der Waals surface area contributed by atoms with Crippen LogP contribution in [0.15, 0.2) is 42.5 Å². The topological polar surface area (TPSA) is 23.5 Å². The third-order valence-electron chi connectivity index (χ3n) is 3.58. The van der Waals surface area contributed by atoms with E-state index in [9.17, 15) is 5.11 Å². The summed E-state index contributed by atoms with van der Waals surface area (Å²) in [7, 11) is 0. The number of aryl methyl sites for hydroxylation is 1. The SMILES string of the molecule is Cc1ccc(CN(CC(C)C)C[C@@H](O)Cc2ccccc2)s1. The Bertz CT molecular complexity index is 550. The van der Waals surface area contributed by atoms with E-state index in [2.05, 4.69) is 49.9 Å². The number of aliphatic hydroxyl groups excluding tert-OH is 1. The lowest BCUT2D eigenvalue weighted by Gasteiger charge is -2.26. The van der Waals surface area contributed by atoms with Crippen LogP contribution < -0.4 is 0 Å². The monoisotopic (exact) mass is 317 g/mol. The molecule has 1 aromatic heterocycles. The maximum atomic E-state index is 10.4. The fourth-order valence-corrected chi connectivity index (χ4v) is 3.69. The second-order valence-corrected chi connectivity index (χ2v) is 7.82. The number of rotatable bonds is 8. The average Bonchev–Trinajstić information content (AvgIpc) is 2.84. The van der Waals surface area contributed by atoms with Crippen LogP contribution in [0.2, 0.25) is 0 Å². The quantitative estimate of drug-likeness (QED) is 0.792. The van der Waals surface area contributed by atoms with E-state index in [1.54, 1.807) is 0 Å². The summed E-state index contributed by atoms with van der Waals surface area (Å²) in [4.78, 5) is 5.11. The van der Waals surface area contributed by atoms with Gasteiger partial charge in [0.1, 0.15) is 0 Å². The maximum Gasteiger partial charge on any atom is 0.0707 e. The molecule has 3 heteroatoms. The molecule has 1 heterocycles. The van der Waals surface area contributed by atoms with Gasteiger partial charge in [0.25, 0.3) is 0 Å². The van der Waals surface area contributed by atoms with Gasteiger partial charge in [-0.1, -0.05) is 44.2 Å². The molecule has 2 nitrogen and oxygen atoms in total. The average molecular weight is 317 g/mol. The van der Waals surface area contributed by atoms with Crippen LogP contribution in [0, 0.1) is 12.8 Å². The highest BCUT2D eigenvalue weighted by Crippen LogP contribution is 2.18. The molecule has 2 rings (SSSR count). The molecule has 0 aliphatic heterocycles. The Morgan fingerprint density at radius 1 is 1.05 bits per heavy atom. The van der Waals surface area contributed by atoms with Crippen molar-refractivity contribution in [2.75, 3.05) is 13.1 Å². The molecule has 0 aliphatic carbocycles. The van der Waals surface area contributed by atoms with Gasteiger partial charge in [0.2, 0.25) is 0 Å². The summed E-state index contributed by atoms with van der Waals surface area (Å²) in [6.07, 6.45) is 0.404. The van der Waals surface area contributed by atoms with Crippen molar-refractivity contribution in [1.29, 1.82) is 0 Å². The van der Waals surface area contributed by atoms with Gasteiger partial charge in [0.15, 0.2) is 0 Å². The van der Waals surface area contributed by atoms with Gasteiger partial charge in [0, 0.05) is 29.4 Å². The molecule has 2 aromatic rings. The van der Waals surface area contributed by atoms with Gasteiger partial charge in [-0.2, -0.15) is 0 Å². The van der Waals surface area contributed by atoms with Gasteiger partial charge in [0.05, 0.1) is 6.10 Å². The third-order valence-corrected chi connectivity index (χ3v) is 4.57. The van der Waals surface area contributed by atoms with E-state index < -0.39 is 0 Å². The number of nitrogens with zero attached hydrogens (tertiary/aromatic N) is 1. The van der Waals surface area contributed by atoms with E-state index >= 15 is 0 Å². The minimum Gasteiger partial charge on any atom is -0.391 e. The number of hydrogen-bond donors (Lipinski definition) is 1. The Morgan fingerprint density at radius 2 is 1.77 bits per heavy atom. The Balaban J connectivity index is 1.93. The van der Waals surface area contributed by atoms with Crippen molar-refractivity contribution in [3.05, 3.63) is 57.8 Å². The highest BCUT2D eigenvalue weighted by molar-refractivity contribution is 7.11. The van der Waals surface area contributed by atoms with Gasteiger partial charge in [-0.3, -0.25) is 4.90 Å². The van der Waals surface area contributed by atoms with Crippen molar-refractivity contribution >= 4 is 11.3 Å². The molecule has 0 unspecified atom stereocenters. The van der Waals surface area contributed by atoms with Crippen molar-refractivity contribution in [3.8, 4) is 0 Å². The number of benzene rings is 1. The summed E-state index contributed by atoms with van der Waals surface area (Å²) in [6, 6.07) is 14.6. The van der Waals surface area contributed by atoms with Crippen LogP contribution in [0.25, 0.3) is 0 Å². The lowest BCUT2D eigenvalue weighted by Crippen LogP contribution is -2.35. The van der Waals surface area contributed by atoms with Crippen LogP contribution in [0.4, 0.5) is 0 Å². The Labute approximate surface area is 138 Å². The minimum atomic E-state index is -0.317. The van der Waals surface area contributed by atoms with Crippen molar-refractivity contribution in [2.45, 2.75) is 39.8 Å². The molecule has 0 saturated heterocycles. The molecular weight excluding hydrogens is 290 g/mol. The Morgan fingerprint density at radius 3 is 2.36 bits per heavy atom. The molecule has 1 N–H and O–H groups in total. The summed E-state index contributed by atoms with van der Waals surface area (Å²) < 4.78 is 0. The molecule has 1 aromatic carbocycles. The second kappa shape index (κ2) is 8.47. The molecule has 0 spiro atoms. The first kappa shape index (κ1) is 17.2. The predicted octanol–water partition coefficient (Wildman–Crippen LogP) is 4.12.